The average molecular weight is 636 g/mol. The van der Waals surface area contributed by atoms with Gasteiger partial charge in [0.25, 0.3) is 0 Å². The van der Waals surface area contributed by atoms with Crippen molar-refractivity contribution in [3.63, 3.8) is 0 Å². The van der Waals surface area contributed by atoms with Crippen LogP contribution in [0.2, 0.25) is 20.1 Å². The van der Waals surface area contributed by atoms with Crippen molar-refractivity contribution in [1.29, 1.82) is 0 Å². The van der Waals surface area contributed by atoms with E-state index in [2.05, 4.69) is 5.32 Å². The smallest absolute Gasteiger partial charge is 0.226 e. The number of hydrogen-bond acceptors (Lipinski definition) is 4. The molecule has 202 valence electrons. The first-order valence-corrected chi connectivity index (χ1v) is 13.4. The molecule has 1 N–H and O–H groups in total. The highest BCUT2D eigenvalue weighted by Crippen LogP contribution is 2.32. The monoisotopic (exact) mass is 633 g/mol. The van der Waals surface area contributed by atoms with Crippen molar-refractivity contribution in [1.82, 2.24) is 9.80 Å². The number of nitrogens with zero attached hydrogens (tertiary/aromatic N) is 2. The summed E-state index contributed by atoms with van der Waals surface area (Å²) in [5.74, 6) is -0.149. The maximum absolute atomic E-state index is 12.5. The van der Waals surface area contributed by atoms with Crippen LogP contribution in [0.3, 0.4) is 0 Å². The first kappa shape index (κ1) is 30.7. The molecular weight excluding hydrogens is 611 g/mol. The minimum absolute atomic E-state index is 0. The van der Waals surface area contributed by atoms with Gasteiger partial charge in [0, 0.05) is 40.4 Å². The number of halogens is 6. The van der Waals surface area contributed by atoms with E-state index in [4.69, 9.17) is 62.7 Å². The van der Waals surface area contributed by atoms with E-state index in [1.165, 1.54) is 0 Å². The van der Waals surface area contributed by atoms with Crippen LogP contribution in [0.4, 0.5) is 5.69 Å². The van der Waals surface area contributed by atoms with Crippen LogP contribution in [0.15, 0.2) is 79.1 Å². The van der Waals surface area contributed by atoms with Gasteiger partial charge in [-0.15, -0.1) is 12.4 Å². The van der Waals surface area contributed by atoms with E-state index in [0.717, 1.165) is 11.1 Å². The Balaban J connectivity index is 0.00000400. The van der Waals surface area contributed by atoms with Crippen LogP contribution in [-0.4, -0.2) is 34.4 Å². The van der Waals surface area contributed by atoms with Crippen LogP contribution in [0.1, 0.15) is 23.7 Å². The molecule has 1 amide bonds. The Bertz CT molecular complexity index is 1240. The number of amides is 1. The Morgan fingerprint density at radius 2 is 1.53 bits per heavy atom. The zero-order valence-corrected chi connectivity index (χ0v) is 24.6. The fraction of sp³-hybridized carbons (Fsp3) is 0.222. The Hall–Kier alpha value is -1.83. The second kappa shape index (κ2) is 14.5. The molecule has 2 atom stereocenters. The lowest BCUT2D eigenvalue weighted by atomic mass is 10.1. The lowest BCUT2D eigenvalue weighted by Crippen LogP contribution is -2.36. The van der Waals surface area contributed by atoms with E-state index in [1.807, 2.05) is 70.7 Å². The molecule has 0 radical (unpaired) electrons. The van der Waals surface area contributed by atoms with Gasteiger partial charge in [-0.2, -0.15) is 0 Å². The van der Waals surface area contributed by atoms with Crippen LogP contribution in [-0.2, 0) is 16.1 Å². The molecule has 0 saturated heterocycles. The van der Waals surface area contributed by atoms with Crippen molar-refractivity contribution in [3.8, 4) is 0 Å². The molecule has 5 nitrogen and oxygen atoms in total. The van der Waals surface area contributed by atoms with Gasteiger partial charge >= 0.3 is 0 Å². The van der Waals surface area contributed by atoms with Crippen LogP contribution in [0.5, 0.6) is 0 Å². The molecule has 0 bridgehead atoms. The van der Waals surface area contributed by atoms with Crippen molar-refractivity contribution in [2.24, 2.45) is 0 Å². The molecule has 4 rings (SSSR count). The van der Waals surface area contributed by atoms with Crippen molar-refractivity contribution in [2.75, 3.05) is 18.5 Å². The minimum Gasteiger partial charge on any atom is -0.365 e. The van der Waals surface area contributed by atoms with E-state index in [9.17, 15) is 4.79 Å². The number of rotatable bonds is 10. The highest BCUT2D eigenvalue weighted by molar-refractivity contribution is 6.36. The molecule has 0 aromatic heterocycles. The van der Waals surface area contributed by atoms with E-state index in [0.29, 0.717) is 45.6 Å². The summed E-state index contributed by atoms with van der Waals surface area (Å²) >= 11 is 31.1. The molecule has 1 heterocycles. The molecule has 0 aliphatic carbocycles. The molecule has 3 aromatic rings. The zero-order chi connectivity index (χ0) is 26.4. The Morgan fingerprint density at radius 3 is 2.18 bits per heavy atom. The summed E-state index contributed by atoms with van der Waals surface area (Å²) in [6.45, 7) is 1.38. The second-order valence-electron chi connectivity index (χ2n) is 8.47. The molecule has 1 aliphatic heterocycles. The molecule has 1 aliphatic rings. The van der Waals surface area contributed by atoms with Crippen LogP contribution >= 0.6 is 70.4 Å². The van der Waals surface area contributed by atoms with Gasteiger partial charge in [0.05, 0.1) is 24.0 Å². The lowest BCUT2D eigenvalue weighted by Gasteiger charge is -2.31. The Kier molecular flexibility index (Phi) is 11.7. The van der Waals surface area contributed by atoms with Gasteiger partial charge in [-0.3, -0.25) is 4.79 Å². The van der Waals surface area contributed by atoms with Crippen molar-refractivity contribution in [3.05, 3.63) is 110 Å². The summed E-state index contributed by atoms with van der Waals surface area (Å²) in [5, 5.41) is 5.02. The lowest BCUT2D eigenvalue weighted by molar-refractivity contribution is -0.116. The molecule has 0 spiro atoms. The third-order valence-corrected chi connectivity index (χ3v) is 7.28. The quantitative estimate of drug-likeness (QED) is 0.179. The predicted molar refractivity (Wildman–Crippen MR) is 160 cm³/mol. The number of nitrogens with one attached hydrogen (secondary N) is 1. The van der Waals surface area contributed by atoms with Crippen LogP contribution in [0, 0.1) is 0 Å². The standard InChI is InChI=1S/C27H24Cl5N3O2.ClH/c28-20-5-1-18(2-6-20)16-37-26(19-3-7-21(29)8-4-19)27(32)35-14-13-34(17-35)12-11-25(36)33-24-10-9-22(30)15-23(24)31;/h1-10,13-15,26-27H,11-12,16-17H2,(H,33,36);1H. The topological polar surface area (TPSA) is 44.8 Å². The van der Waals surface area contributed by atoms with Crippen molar-refractivity contribution in [2.45, 2.75) is 24.6 Å². The fourth-order valence-electron chi connectivity index (χ4n) is 3.77. The van der Waals surface area contributed by atoms with E-state index < -0.39 is 11.6 Å². The predicted octanol–water partition coefficient (Wildman–Crippen LogP) is 8.62. The summed E-state index contributed by atoms with van der Waals surface area (Å²) in [6, 6.07) is 19.9. The number of ether oxygens (including phenoxy) is 1. The third kappa shape index (κ3) is 8.59. The normalized spacial score (nSPS) is 14.2. The maximum Gasteiger partial charge on any atom is 0.226 e. The highest BCUT2D eigenvalue weighted by atomic mass is 35.5. The minimum atomic E-state index is -0.503. The maximum atomic E-state index is 12.5. The molecule has 38 heavy (non-hydrogen) atoms. The number of benzene rings is 3. The fourth-order valence-corrected chi connectivity index (χ4v) is 4.82. The Labute approximate surface area is 253 Å². The summed E-state index contributed by atoms with van der Waals surface area (Å²) in [6.07, 6.45) is 3.66. The first-order valence-electron chi connectivity index (χ1n) is 11.5. The number of alkyl halides is 1. The van der Waals surface area contributed by atoms with Crippen LogP contribution in [0.25, 0.3) is 0 Å². The van der Waals surface area contributed by atoms with Crippen molar-refractivity contribution >= 4 is 82.0 Å². The Morgan fingerprint density at radius 1 is 0.895 bits per heavy atom. The summed E-state index contributed by atoms with van der Waals surface area (Å²) < 4.78 is 6.29. The molecule has 0 fully saturated rings. The molecular formula is C27H25Cl6N3O2. The van der Waals surface area contributed by atoms with Crippen molar-refractivity contribution < 1.29 is 9.53 Å². The summed E-state index contributed by atoms with van der Waals surface area (Å²) in [7, 11) is 0. The largest absolute Gasteiger partial charge is 0.365 e. The third-order valence-electron chi connectivity index (χ3n) is 5.75. The van der Waals surface area contributed by atoms with E-state index in [1.54, 1.807) is 18.2 Å². The number of anilines is 1. The molecule has 3 aromatic carbocycles. The SMILES string of the molecule is Cl.O=C(CCN1C=CN(C(Cl)C(OCc2ccc(Cl)cc2)c2ccc(Cl)cc2)C1)Nc1ccc(Cl)cc1Cl. The summed E-state index contributed by atoms with van der Waals surface area (Å²) in [5.41, 5.74) is 1.91. The molecule has 11 heteroatoms. The van der Waals surface area contributed by atoms with Crippen LogP contribution < -0.4 is 5.32 Å². The van der Waals surface area contributed by atoms with Gasteiger partial charge in [-0.05, 0) is 53.6 Å². The van der Waals surface area contributed by atoms with Gasteiger partial charge in [-0.25, -0.2) is 0 Å². The van der Waals surface area contributed by atoms with E-state index >= 15 is 0 Å². The first-order chi connectivity index (χ1) is 17.8. The van der Waals surface area contributed by atoms with E-state index in [-0.39, 0.29) is 24.7 Å². The molecule has 2 unspecified atom stereocenters. The van der Waals surface area contributed by atoms with Gasteiger partial charge in [0.15, 0.2) is 0 Å². The second-order valence-corrected chi connectivity index (χ2v) is 10.6. The average Bonchev–Trinajstić information content (AvgIpc) is 3.36. The summed E-state index contributed by atoms with van der Waals surface area (Å²) in [4.78, 5) is 16.4. The zero-order valence-electron chi connectivity index (χ0n) is 20.0. The number of carbonyl (C=O) groups is 1. The molecule has 0 saturated carbocycles. The van der Waals surface area contributed by atoms with Gasteiger partial charge in [0.1, 0.15) is 11.6 Å². The van der Waals surface area contributed by atoms with Gasteiger partial charge in [-0.1, -0.05) is 82.3 Å². The number of hydrogen-bond donors (Lipinski definition) is 1. The highest BCUT2D eigenvalue weighted by Gasteiger charge is 2.29. The van der Waals surface area contributed by atoms with Gasteiger partial charge in [0.2, 0.25) is 5.91 Å². The number of carbonyl (C=O) groups excluding carboxylic acids is 1. The van der Waals surface area contributed by atoms with Gasteiger partial charge < -0.3 is 19.9 Å².